The minimum absolute atomic E-state index is 0.846. The molecule has 1 heterocycles. The summed E-state index contributed by atoms with van der Waals surface area (Å²) >= 11 is 7.89. The maximum Gasteiger partial charge on any atom is 0.0592 e. The second kappa shape index (κ2) is 5.67. The summed E-state index contributed by atoms with van der Waals surface area (Å²) in [4.78, 5) is 1.17. The molecule has 0 aliphatic carbocycles. The molecule has 1 aromatic carbocycles. The van der Waals surface area contributed by atoms with Crippen LogP contribution in [0.1, 0.15) is 18.1 Å². The Balaban J connectivity index is 2.36. The van der Waals surface area contributed by atoms with Gasteiger partial charge in [-0.15, -0.1) is 11.3 Å². The fourth-order valence-electron chi connectivity index (χ4n) is 1.78. The van der Waals surface area contributed by atoms with E-state index in [9.17, 15) is 0 Å². The smallest absolute Gasteiger partial charge is 0.0592 e. The molecule has 1 N–H and O–H groups in total. The van der Waals surface area contributed by atoms with E-state index in [-0.39, 0.29) is 0 Å². The van der Waals surface area contributed by atoms with Crippen LogP contribution in [0.5, 0.6) is 0 Å². The molecule has 0 fully saturated rings. The van der Waals surface area contributed by atoms with Crippen molar-refractivity contribution in [3.63, 3.8) is 0 Å². The van der Waals surface area contributed by atoms with Gasteiger partial charge in [0, 0.05) is 6.54 Å². The van der Waals surface area contributed by atoms with Crippen LogP contribution in [0.3, 0.4) is 0 Å². The van der Waals surface area contributed by atoms with Crippen molar-refractivity contribution in [2.75, 3.05) is 6.54 Å². The van der Waals surface area contributed by atoms with Crippen LogP contribution in [0.25, 0.3) is 10.4 Å². The van der Waals surface area contributed by atoms with Gasteiger partial charge in [0.1, 0.15) is 0 Å². The first-order chi connectivity index (χ1) is 8.22. The van der Waals surface area contributed by atoms with Crippen LogP contribution >= 0.6 is 22.9 Å². The van der Waals surface area contributed by atoms with Crippen LogP contribution in [-0.2, 0) is 6.54 Å². The zero-order chi connectivity index (χ0) is 12.3. The number of nitrogens with one attached hydrogen (secondary N) is 1. The van der Waals surface area contributed by atoms with Gasteiger partial charge in [-0.1, -0.05) is 30.7 Å². The minimum atomic E-state index is 0.846. The number of hydrogen-bond donors (Lipinski definition) is 1. The standard InChI is InChI=1S/C14H16ClNS/c1-3-16-9-11-5-4-10(2)12(8-11)14-13(15)6-7-17-14/h4-8,16H,3,9H2,1-2H3. The van der Waals surface area contributed by atoms with E-state index >= 15 is 0 Å². The topological polar surface area (TPSA) is 12.0 Å². The summed E-state index contributed by atoms with van der Waals surface area (Å²) in [6.07, 6.45) is 0. The van der Waals surface area contributed by atoms with Gasteiger partial charge < -0.3 is 5.32 Å². The van der Waals surface area contributed by atoms with Gasteiger partial charge in [-0.05, 0) is 47.7 Å². The Morgan fingerprint density at radius 2 is 2.12 bits per heavy atom. The molecule has 1 nitrogen and oxygen atoms in total. The summed E-state index contributed by atoms with van der Waals surface area (Å²) < 4.78 is 0. The monoisotopic (exact) mass is 265 g/mol. The molecule has 0 bridgehead atoms. The number of halogens is 1. The lowest BCUT2D eigenvalue weighted by Crippen LogP contribution is -2.11. The van der Waals surface area contributed by atoms with Gasteiger partial charge in [0.05, 0.1) is 9.90 Å². The van der Waals surface area contributed by atoms with E-state index in [1.165, 1.54) is 21.6 Å². The van der Waals surface area contributed by atoms with Crippen LogP contribution in [-0.4, -0.2) is 6.54 Å². The lowest BCUT2D eigenvalue weighted by Gasteiger charge is -2.08. The Kier molecular flexibility index (Phi) is 4.21. The second-order valence-corrected chi connectivity index (χ2v) is 5.35. The third-order valence-electron chi connectivity index (χ3n) is 2.74. The molecule has 2 rings (SSSR count). The molecular formula is C14H16ClNS. The third kappa shape index (κ3) is 2.89. The second-order valence-electron chi connectivity index (χ2n) is 4.03. The lowest BCUT2D eigenvalue weighted by molar-refractivity contribution is 0.727. The largest absolute Gasteiger partial charge is 0.313 e. The van der Waals surface area contributed by atoms with Crippen molar-refractivity contribution in [3.05, 3.63) is 45.8 Å². The van der Waals surface area contributed by atoms with Crippen LogP contribution in [0.2, 0.25) is 5.02 Å². The zero-order valence-electron chi connectivity index (χ0n) is 10.1. The van der Waals surface area contributed by atoms with Crippen LogP contribution < -0.4 is 5.32 Å². The van der Waals surface area contributed by atoms with Gasteiger partial charge in [-0.2, -0.15) is 0 Å². The van der Waals surface area contributed by atoms with Crippen LogP contribution in [0.15, 0.2) is 29.6 Å². The molecule has 0 aliphatic rings. The molecule has 0 aliphatic heterocycles. The average Bonchev–Trinajstić information content (AvgIpc) is 2.74. The fourth-order valence-corrected chi connectivity index (χ4v) is 3.02. The summed E-state index contributed by atoms with van der Waals surface area (Å²) in [6, 6.07) is 8.52. The molecule has 1 aromatic heterocycles. The van der Waals surface area contributed by atoms with Crippen molar-refractivity contribution >= 4 is 22.9 Å². The van der Waals surface area contributed by atoms with E-state index in [0.29, 0.717) is 0 Å². The Hall–Kier alpha value is -0.830. The van der Waals surface area contributed by atoms with Crippen molar-refractivity contribution in [1.82, 2.24) is 5.32 Å². The maximum atomic E-state index is 6.20. The van der Waals surface area contributed by atoms with Crippen LogP contribution in [0.4, 0.5) is 0 Å². The maximum absolute atomic E-state index is 6.20. The summed E-state index contributed by atoms with van der Waals surface area (Å²) in [5, 5.41) is 6.22. The van der Waals surface area contributed by atoms with Crippen molar-refractivity contribution < 1.29 is 0 Å². The molecule has 3 heteroatoms. The first-order valence-electron chi connectivity index (χ1n) is 5.76. The summed E-state index contributed by atoms with van der Waals surface area (Å²) in [6.45, 7) is 6.14. The number of rotatable bonds is 4. The first kappa shape index (κ1) is 12.6. The average molecular weight is 266 g/mol. The number of thiophene rings is 1. The SMILES string of the molecule is CCNCc1ccc(C)c(-c2sccc2Cl)c1. The quantitative estimate of drug-likeness (QED) is 0.859. The molecule has 0 atom stereocenters. The molecule has 90 valence electrons. The van der Waals surface area contributed by atoms with Gasteiger partial charge in [0.2, 0.25) is 0 Å². The highest BCUT2D eigenvalue weighted by molar-refractivity contribution is 7.14. The van der Waals surface area contributed by atoms with Gasteiger partial charge in [-0.25, -0.2) is 0 Å². The van der Waals surface area contributed by atoms with E-state index in [1.54, 1.807) is 11.3 Å². The molecule has 0 saturated heterocycles. The van der Waals surface area contributed by atoms with Gasteiger partial charge in [-0.3, -0.25) is 0 Å². The predicted octanol–water partition coefficient (Wildman–Crippen LogP) is 4.49. The predicted molar refractivity (Wildman–Crippen MR) is 76.9 cm³/mol. The molecule has 2 aromatic rings. The van der Waals surface area contributed by atoms with Crippen molar-refractivity contribution in [1.29, 1.82) is 0 Å². The summed E-state index contributed by atoms with van der Waals surface area (Å²) in [5.41, 5.74) is 3.83. The van der Waals surface area contributed by atoms with E-state index < -0.39 is 0 Å². The van der Waals surface area contributed by atoms with Crippen molar-refractivity contribution in [3.8, 4) is 10.4 Å². The molecule has 0 radical (unpaired) electrons. The molecular weight excluding hydrogens is 250 g/mol. The molecule has 0 saturated carbocycles. The van der Waals surface area contributed by atoms with Gasteiger partial charge >= 0.3 is 0 Å². The number of aryl methyl sites for hydroxylation is 1. The highest BCUT2D eigenvalue weighted by Crippen LogP contribution is 2.35. The van der Waals surface area contributed by atoms with Crippen LogP contribution in [0, 0.1) is 6.92 Å². The third-order valence-corrected chi connectivity index (χ3v) is 4.12. The van der Waals surface area contributed by atoms with Crippen molar-refractivity contribution in [2.24, 2.45) is 0 Å². The Labute approximate surface area is 111 Å². The molecule has 0 unspecified atom stereocenters. The van der Waals surface area contributed by atoms with Gasteiger partial charge in [0.25, 0.3) is 0 Å². The van der Waals surface area contributed by atoms with E-state index in [0.717, 1.165) is 18.1 Å². The van der Waals surface area contributed by atoms with E-state index in [4.69, 9.17) is 11.6 Å². The highest BCUT2D eigenvalue weighted by atomic mass is 35.5. The molecule has 17 heavy (non-hydrogen) atoms. The normalized spacial score (nSPS) is 10.8. The Bertz CT molecular complexity index is 505. The zero-order valence-corrected chi connectivity index (χ0v) is 11.7. The number of hydrogen-bond acceptors (Lipinski definition) is 2. The Morgan fingerprint density at radius 3 is 2.76 bits per heavy atom. The van der Waals surface area contributed by atoms with E-state index in [1.807, 2.05) is 11.4 Å². The van der Waals surface area contributed by atoms with E-state index in [2.05, 4.69) is 37.4 Å². The summed E-state index contributed by atoms with van der Waals surface area (Å²) in [7, 11) is 0. The molecule has 0 spiro atoms. The fraction of sp³-hybridized carbons (Fsp3) is 0.286. The number of benzene rings is 1. The highest BCUT2D eigenvalue weighted by Gasteiger charge is 2.08. The minimum Gasteiger partial charge on any atom is -0.313 e. The summed E-state index contributed by atoms with van der Waals surface area (Å²) in [5.74, 6) is 0. The van der Waals surface area contributed by atoms with Crippen molar-refractivity contribution in [2.45, 2.75) is 20.4 Å². The van der Waals surface area contributed by atoms with Gasteiger partial charge in [0.15, 0.2) is 0 Å². The molecule has 0 amide bonds. The Morgan fingerprint density at radius 1 is 1.29 bits per heavy atom. The lowest BCUT2D eigenvalue weighted by atomic mass is 10.0. The first-order valence-corrected chi connectivity index (χ1v) is 7.01.